The molecule has 3 heterocycles. The third kappa shape index (κ3) is 2.92. The van der Waals surface area contributed by atoms with Gasteiger partial charge in [-0.25, -0.2) is 9.59 Å². The second-order valence-electron chi connectivity index (χ2n) is 4.57. The minimum absolute atomic E-state index is 0.0714. The fraction of sp³-hybridized carbons (Fsp3) is 0.125. The van der Waals surface area contributed by atoms with Crippen molar-refractivity contribution in [2.45, 2.75) is 0 Å². The maximum absolute atomic E-state index is 12.3. The van der Waals surface area contributed by atoms with Crippen LogP contribution in [0.4, 0.5) is 0 Å². The van der Waals surface area contributed by atoms with E-state index in [1.54, 1.807) is 6.07 Å². The lowest BCUT2D eigenvalue weighted by Crippen LogP contribution is -2.11. The topological polar surface area (TPSA) is 65.7 Å². The molecule has 0 N–H and O–H groups in total. The summed E-state index contributed by atoms with van der Waals surface area (Å²) >= 11 is 6.17. The Morgan fingerprint density at radius 2 is 1.62 bits per heavy atom. The Morgan fingerprint density at radius 1 is 1.00 bits per heavy atom. The molecule has 0 aromatic carbocycles. The molecular formula is C16H11BrO5S2. The Kier molecular flexibility index (Phi) is 4.88. The lowest BCUT2D eigenvalue weighted by atomic mass is 10.1. The summed E-state index contributed by atoms with van der Waals surface area (Å²) in [5.41, 5.74) is 0.147. The van der Waals surface area contributed by atoms with Gasteiger partial charge >= 0.3 is 11.9 Å². The summed E-state index contributed by atoms with van der Waals surface area (Å²) in [6.45, 7) is 0. The SMILES string of the molecule is COC(=O)c1c(-c2cccs2)oc(-c2ccc(Br)s2)c1C(=O)OC. The number of rotatable bonds is 4. The van der Waals surface area contributed by atoms with Crippen molar-refractivity contribution in [3.8, 4) is 21.3 Å². The van der Waals surface area contributed by atoms with E-state index >= 15 is 0 Å². The highest BCUT2D eigenvalue weighted by Gasteiger charge is 2.33. The molecule has 3 aromatic rings. The van der Waals surface area contributed by atoms with Crippen molar-refractivity contribution < 1.29 is 23.5 Å². The van der Waals surface area contributed by atoms with Crippen LogP contribution in [0.1, 0.15) is 20.7 Å². The smallest absolute Gasteiger partial charge is 0.342 e. The van der Waals surface area contributed by atoms with Crippen molar-refractivity contribution in [1.82, 2.24) is 0 Å². The van der Waals surface area contributed by atoms with Gasteiger partial charge in [0.15, 0.2) is 11.5 Å². The van der Waals surface area contributed by atoms with Gasteiger partial charge in [-0.1, -0.05) is 6.07 Å². The molecule has 0 fully saturated rings. The van der Waals surface area contributed by atoms with Crippen molar-refractivity contribution in [3.63, 3.8) is 0 Å². The van der Waals surface area contributed by atoms with Gasteiger partial charge in [0.25, 0.3) is 0 Å². The van der Waals surface area contributed by atoms with E-state index in [1.165, 1.54) is 36.9 Å². The lowest BCUT2D eigenvalue weighted by Gasteiger charge is -2.02. The molecule has 0 spiro atoms. The molecule has 0 aliphatic carbocycles. The molecule has 0 unspecified atom stereocenters. The van der Waals surface area contributed by atoms with Gasteiger partial charge in [-0.05, 0) is 39.5 Å². The summed E-state index contributed by atoms with van der Waals surface area (Å²) in [4.78, 5) is 26.1. The number of hydrogen-bond donors (Lipinski definition) is 0. The second kappa shape index (κ2) is 6.92. The van der Waals surface area contributed by atoms with E-state index in [9.17, 15) is 9.59 Å². The minimum Gasteiger partial charge on any atom is -0.465 e. The van der Waals surface area contributed by atoms with Gasteiger partial charge in [-0.3, -0.25) is 0 Å². The van der Waals surface area contributed by atoms with E-state index < -0.39 is 11.9 Å². The average Bonchev–Trinajstić information content (AvgIpc) is 3.31. The third-order valence-corrected chi connectivity index (χ3v) is 5.72. The quantitative estimate of drug-likeness (QED) is 0.544. The van der Waals surface area contributed by atoms with E-state index in [4.69, 9.17) is 13.9 Å². The normalized spacial score (nSPS) is 10.6. The Labute approximate surface area is 153 Å². The van der Waals surface area contributed by atoms with E-state index in [2.05, 4.69) is 15.9 Å². The van der Waals surface area contributed by atoms with Crippen molar-refractivity contribution >= 4 is 50.5 Å². The molecule has 5 nitrogen and oxygen atoms in total. The third-order valence-electron chi connectivity index (χ3n) is 3.23. The van der Waals surface area contributed by atoms with Crippen molar-refractivity contribution in [2.75, 3.05) is 14.2 Å². The van der Waals surface area contributed by atoms with Crippen LogP contribution in [0.3, 0.4) is 0 Å². The van der Waals surface area contributed by atoms with Crippen molar-refractivity contribution in [1.29, 1.82) is 0 Å². The molecule has 0 atom stereocenters. The van der Waals surface area contributed by atoms with Gasteiger partial charge in [0.1, 0.15) is 11.1 Å². The molecule has 0 saturated heterocycles. The van der Waals surface area contributed by atoms with Crippen LogP contribution in [0, 0.1) is 0 Å². The van der Waals surface area contributed by atoms with E-state index in [-0.39, 0.29) is 11.1 Å². The molecule has 0 bridgehead atoms. The first-order chi connectivity index (χ1) is 11.6. The summed E-state index contributed by atoms with van der Waals surface area (Å²) < 4.78 is 16.5. The summed E-state index contributed by atoms with van der Waals surface area (Å²) in [5, 5.41) is 1.86. The molecule has 3 aromatic heterocycles. The van der Waals surface area contributed by atoms with Gasteiger partial charge in [0.05, 0.1) is 27.8 Å². The van der Waals surface area contributed by atoms with E-state index in [0.29, 0.717) is 16.4 Å². The summed E-state index contributed by atoms with van der Waals surface area (Å²) in [5.74, 6) is -0.705. The Morgan fingerprint density at radius 3 is 2.08 bits per heavy atom. The Hall–Kier alpha value is -1.90. The predicted octanol–water partition coefficient (Wildman–Crippen LogP) is 5.07. The average molecular weight is 427 g/mol. The fourth-order valence-corrected chi connectivity index (χ4v) is 4.30. The van der Waals surface area contributed by atoms with Crippen LogP contribution in [0.5, 0.6) is 0 Å². The first kappa shape index (κ1) is 16.9. The standard InChI is InChI=1S/C16H11BrO5S2/c1-20-15(18)11-12(16(19)21-2)14(9-5-6-10(17)24-9)22-13(11)8-4-3-7-23-8/h3-7H,1-2H3. The number of ether oxygens (including phenoxy) is 2. The molecule has 8 heteroatoms. The second-order valence-corrected chi connectivity index (χ2v) is 7.99. The molecule has 0 aliphatic heterocycles. The van der Waals surface area contributed by atoms with Gasteiger partial charge in [-0.2, -0.15) is 0 Å². The number of thiophene rings is 2. The highest BCUT2D eigenvalue weighted by Crippen LogP contribution is 2.42. The Bertz CT molecular complexity index is 892. The zero-order chi connectivity index (χ0) is 17.3. The maximum Gasteiger partial charge on any atom is 0.342 e. The molecule has 0 amide bonds. The Balaban J connectivity index is 2.33. The summed E-state index contributed by atoms with van der Waals surface area (Å²) in [7, 11) is 2.52. The van der Waals surface area contributed by atoms with Crippen LogP contribution in [0.2, 0.25) is 0 Å². The predicted molar refractivity (Wildman–Crippen MR) is 95.7 cm³/mol. The zero-order valence-electron chi connectivity index (χ0n) is 12.6. The van der Waals surface area contributed by atoms with E-state index in [1.807, 2.05) is 23.6 Å². The monoisotopic (exact) mass is 426 g/mol. The van der Waals surface area contributed by atoms with Gasteiger partial charge < -0.3 is 13.9 Å². The molecule has 24 heavy (non-hydrogen) atoms. The van der Waals surface area contributed by atoms with Crippen molar-refractivity contribution in [2.24, 2.45) is 0 Å². The van der Waals surface area contributed by atoms with Crippen LogP contribution in [0.15, 0.2) is 37.8 Å². The van der Waals surface area contributed by atoms with Gasteiger partial charge in [-0.15, -0.1) is 22.7 Å². The number of carbonyl (C=O) groups is 2. The molecule has 0 saturated carbocycles. The highest BCUT2D eigenvalue weighted by molar-refractivity contribution is 9.11. The number of esters is 2. The molecule has 0 radical (unpaired) electrons. The molecule has 124 valence electrons. The number of hydrogen-bond acceptors (Lipinski definition) is 7. The molecular weight excluding hydrogens is 416 g/mol. The van der Waals surface area contributed by atoms with Gasteiger partial charge in [0, 0.05) is 0 Å². The fourth-order valence-electron chi connectivity index (χ4n) is 2.22. The number of halogens is 1. The number of furan rings is 1. The molecule has 3 rings (SSSR count). The van der Waals surface area contributed by atoms with Crippen molar-refractivity contribution in [3.05, 3.63) is 44.6 Å². The first-order valence-corrected chi connectivity index (χ1v) is 9.18. The van der Waals surface area contributed by atoms with Crippen LogP contribution in [-0.2, 0) is 9.47 Å². The largest absolute Gasteiger partial charge is 0.465 e. The van der Waals surface area contributed by atoms with Crippen LogP contribution >= 0.6 is 38.6 Å². The number of methoxy groups -OCH3 is 2. The van der Waals surface area contributed by atoms with Crippen LogP contribution in [0.25, 0.3) is 21.3 Å². The van der Waals surface area contributed by atoms with E-state index in [0.717, 1.165) is 8.66 Å². The lowest BCUT2D eigenvalue weighted by molar-refractivity contribution is 0.0558. The number of carbonyl (C=O) groups excluding carboxylic acids is 2. The zero-order valence-corrected chi connectivity index (χ0v) is 15.8. The van der Waals surface area contributed by atoms with Gasteiger partial charge in [0.2, 0.25) is 0 Å². The van der Waals surface area contributed by atoms with Crippen LogP contribution in [-0.4, -0.2) is 26.2 Å². The minimum atomic E-state index is -0.651. The first-order valence-electron chi connectivity index (χ1n) is 6.69. The van der Waals surface area contributed by atoms with Crippen LogP contribution < -0.4 is 0 Å². The summed E-state index contributed by atoms with van der Waals surface area (Å²) in [6.07, 6.45) is 0. The highest BCUT2D eigenvalue weighted by atomic mass is 79.9. The maximum atomic E-state index is 12.3. The molecule has 0 aliphatic rings. The summed E-state index contributed by atoms with van der Waals surface area (Å²) in [6, 6.07) is 7.29.